The molecule has 2 aromatic carbocycles. The van der Waals surface area contributed by atoms with Gasteiger partial charge in [0.25, 0.3) is 10.0 Å². The number of anilines is 2. The molecule has 7 nitrogen and oxygen atoms in total. The number of nitrogens with one attached hydrogen (secondary N) is 2. The highest BCUT2D eigenvalue weighted by molar-refractivity contribution is 7.92. The van der Waals surface area contributed by atoms with Crippen molar-refractivity contribution in [2.75, 3.05) is 29.8 Å². The topological polar surface area (TPSA) is 83.8 Å². The van der Waals surface area contributed by atoms with Crippen LogP contribution in [0.4, 0.5) is 15.8 Å². The smallest absolute Gasteiger partial charge is 0.262 e. The maximum Gasteiger partial charge on any atom is 0.262 e. The first-order chi connectivity index (χ1) is 15.7. The Morgan fingerprint density at radius 2 is 1.82 bits per heavy atom. The minimum atomic E-state index is -4.06. The van der Waals surface area contributed by atoms with Gasteiger partial charge in [0, 0.05) is 30.9 Å². The lowest BCUT2D eigenvalue weighted by atomic mass is 10.1. The predicted molar refractivity (Wildman–Crippen MR) is 127 cm³/mol. The first-order valence-electron chi connectivity index (χ1n) is 10.7. The van der Waals surface area contributed by atoms with Gasteiger partial charge in [-0.3, -0.25) is 4.72 Å². The summed E-state index contributed by atoms with van der Waals surface area (Å²) >= 11 is 0. The van der Waals surface area contributed by atoms with Crippen molar-refractivity contribution in [3.05, 3.63) is 60.1 Å². The largest absolute Gasteiger partial charge is 0.495 e. The zero-order chi connectivity index (χ0) is 23.8. The van der Waals surface area contributed by atoms with Gasteiger partial charge >= 0.3 is 0 Å². The molecule has 1 aliphatic rings. The van der Waals surface area contributed by atoms with Gasteiger partial charge in [0.15, 0.2) is 0 Å². The van der Waals surface area contributed by atoms with Gasteiger partial charge in [-0.15, -0.1) is 0 Å². The Kier molecular flexibility index (Phi) is 6.36. The second-order valence-corrected chi connectivity index (χ2v) is 10.1. The third-order valence-electron chi connectivity index (χ3n) is 5.61. The van der Waals surface area contributed by atoms with Gasteiger partial charge in [0.1, 0.15) is 23.1 Å². The minimum Gasteiger partial charge on any atom is -0.495 e. The van der Waals surface area contributed by atoms with Gasteiger partial charge in [0.2, 0.25) is 0 Å². The van der Waals surface area contributed by atoms with Crippen molar-refractivity contribution in [2.45, 2.75) is 37.8 Å². The van der Waals surface area contributed by atoms with E-state index in [1.54, 1.807) is 31.2 Å². The summed E-state index contributed by atoms with van der Waals surface area (Å²) in [5, 5.41) is 3.48. The summed E-state index contributed by atoms with van der Waals surface area (Å²) in [5.41, 5.74) is 1.37. The summed E-state index contributed by atoms with van der Waals surface area (Å²) < 4.78 is 54.3. The second kappa shape index (κ2) is 9.07. The standard InChI is InChI=1S/C24H28FN3O4S/c1-15-13-28(14-16(2)26-15)18-6-10-24(31-4)22(11-18)27-33(29,30)19-7-8-20(21(25)12-19)23-9-5-17(3)32-23/h5-12,15-16,26-27H,13-14H2,1-4H3/t15-,16+. The average molecular weight is 474 g/mol. The van der Waals surface area contributed by atoms with Crippen molar-refractivity contribution < 1.29 is 22.0 Å². The molecule has 2 heterocycles. The van der Waals surface area contributed by atoms with Crippen LogP contribution in [-0.2, 0) is 10.0 Å². The van der Waals surface area contributed by atoms with E-state index in [0.717, 1.165) is 24.8 Å². The molecule has 0 radical (unpaired) electrons. The molecule has 0 amide bonds. The fourth-order valence-electron chi connectivity index (χ4n) is 4.16. The number of ether oxygens (including phenoxy) is 1. The quantitative estimate of drug-likeness (QED) is 0.553. The molecule has 2 atom stereocenters. The van der Waals surface area contributed by atoms with E-state index in [-0.39, 0.29) is 10.5 Å². The highest BCUT2D eigenvalue weighted by Gasteiger charge is 2.24. The van der Waals surface area contributed by atoms with E-state index >= 15 is 0 Å². The molecule has 33 heavy (non-hydrogen) atoms. The highest BCUT2D eigenvalue weighted by atomic mass is 32.2. The first-order valence-corrected chi connectivity index (χ1v) is 12.2. The van der Waals surface area contributed by atoms with E-state index in [1.165, 1.54) is 19.2 Å². The van der Waals surface area contributed by atoms with E-state index in [4.69, 9.17) is 9.15 Å². The molecule has 0 aliphatic carbocycles. The summed E-state index contributed by atoms with van der Waals surface area (Å²) in [5.74, 6) is 0.678. The van der Waals surface area contributed by atoms with Crippen LogP contribution in [0, 0.1) is 12.7 Å². The Bertz CT molecular complexity index is 1250. The maximum absolute atomic E-state index is 14.8. The summed E-state index contributed by atoms with van der Waals surface area (Å²) in [6.45, 7) is 7.56. The molecule has 1 fully saturated rings. The normalized spacial score (nSPS) is 18.9. The maximum atomic E-state index is 14.8. The summed E-state index contributed by atoms with van der Waals surface area (Å²) in [7, 11) is -2.59. The molecule has 0 unspecified atom stereocenters. The van der Waals surface area contributed by atoms with Crippen LogP contribution in [0.1, 0.15) is 19.6 Å². The number of halogens is 1. The van der Waals surface area contributed by atoms with Gasteiger partial charge in [-0.05, 0) is 69.3 Å². The summed E-state index contributed by atoms with van der Waals surface area (Å²) in [6.07, 6.45) is 0. The van der Waals surface area contributed by atoms with E-state index in [9.17, 15) is 12.8 Å². The average Bonchev–Trinajstić information content (AvgIpc) is 3.18. The fourth-order valence-corrected chi connectivity index (χ4v) is 5.23. The number of nitrogens with zero attached hydrogens (tertiary/aromatic N) is 1. The third-order valence-corrected chi connectivity index (χ3v) is 6.97. The lowest BCUT2D eigenvalue weighted by molar-refractivity contribution is 0.406. The molecular weight excluding hydrogens is 445 g/mol. The second-order valence-electron chi connectivity index (χ2n) is 8.42. The van der Waals surface area contributed by atoms with Crippen LogP contribution in [0.5, 0.6) is 5.75 Å². The lowest BCUT2D eigenvalue weighted by Crippen LogP contribution is -2.54. The number of aryl methyl sites for hydroxylation is 1. The Morgan fingerprint density at radius 3 is 2.42 bits per heavy atom. The van der Waals surface area contributed by atoms with Crippen LogP contribution in [0.25, 0.3) is 11.3 Å². The van der Waals surface area contributed by atoms with Crippen molar-refractivity contribution in [3.8, 4) is 17.1 Å². The van der Waals surface area contributed by atoms with Crippen LogP contribution < -0.4 is 19.7 Å². The van der Waals surface area contributed by atoms with Crippen LogP contribution in [0.2, 0.25) is 0 Å². The highest BCUT2D eigenvalue weighted by Crippen LogP contribution is 2.33. The van der Waals surface area contributed by atoms with E-state index in [1.807, 2.05) is 6.07 Å². The zero-order valence-electron chi connectivity index (χ0n) is 19.1. The third kappa shape index (κ3) is 4.99. The van der Waals surface area contributed by atoms with E-state index in [2.05, 4.69) is 28.8 Å². The molecule has 1 aromatic heterocycles. The van der Waals surface area contributed by atoms with Crippen LogP contribution in [0.15, 0.2) is 57.8 Å². The van der Waals surface area contributed by atoms with Gasteiger partial charge in [-0.25, -0.2) is 12.8 Å². The first kappa shape index (κ1) is 23.1. The van der Waals surface area contributed by atoms with Gasteiger partial charge in [-0.2, -0.15) is 0 Å². The molecule has 1 aliphatic heterocycles. The number of furan rings is 1. The SMILES string of the molecule is COc1ccc(N2C[C@@H](C)N[C@@H](C)C2)cc1NS(=O)(=O)c1ccc(-c2ccc(C)o2)c(F)c1. The van der Waals surface area contributed by atoms with Crippen molar-refractivity contribution in [1.29, 1.82) is 0 Å². The van der Waals surface area contributed by atoms with Crippen molar-refractivity contribution in [1.82, 2.24) is 5.32 Å². The Morgan fingerprint density at radius 1 is 1.09 bits per heavy atom. The van der Waals surface area contributed by atoms with Crippen LogP contribution >= 0.6 is 0 Å². The van der Waals surface area contributed by atoms with Crippen molar-refractivity contribution >= 4 is 21.4 Å². The number of methoxy groups -OCH3 is 1. The number of hydrogen-bond donors (Lipinski definition) is 2. The monoisotopic (exact) mass is 473 g/mol. The molecule has 3 aromatic rings. The van der Waals surface area contributed by atoms with Crippen LogP contribution in [0.3, 0.4) is 0 Å². The molecule has 4 rings (SSSR count). The Balaban J connectivity index is 1.63. The summed E-state index contributed by atoms with van der Waals surface area (Å²) in [4.78, 5) is 2.01. The number of rotatable bonds is 6. The molecule has 2 N–H and O–H groups in total. The predicted octanol–water partition coefficient (Wildman–Crippen LogP) is 4.39. The molecule has 1 saturated heterocycles. The van der Waals surface area contributed by atoms with Crippen LogP contribution in [-0.4, -0.2) is 40.7 Å². The zero-order valence-corrected chi connectivity index (χ0v) is 19.9. The van der Waals surface area contributed by atoms with Crippen molar-refractivity contribution in [2.24, 2.45) is 0 Å². The molecule has 0 bridgehead atoms. The minimum absolute atomic E-state index is 0.191. The summed E-state index contributed by atoms with van der Waals surface area (Å²) in [6, 6.07) is 13.1. The Labute approximate surface area is 193 Å². The number of benzene rings is 2. The van der Waals surface area contributed by atoms with Gasteiger partial charge < -0.3 is 19.4 Å². The molecule has 0 spiro atoms. The van der Waals surface area contributed by atoms with Gasteiger partial charge in [0.05, 0.1) is 23.3 Å². The fraction of sp³-hybridized carbons (Fsp3) is 0.333. The molecular formula is C24H28FN3O4S. The number of sulfonamides is 1. The Hall–Kier alpha value is -3.04. The molecule has 0 saturated carbocycles. The van der Waals surface area contributed by atoms with Crippen molar-refractivity contribution in [3.63, 3.8) is 0 Å². The van der Waals surface area contributed by atoms with Gasteiger partial charge in [-0.1, -0.05) is 0 Å². The van der Waals surface area contributed by atoms with E-state index < -0.39 is 15.8 Å². The van der Waals surface area contributed by atoms with E-state index in [0.29, 0.717) is 35.0 Å². The number of hydrogen-bond acceptors (Lipinski definition) is 6. The molecule has 176 valence electrons. The lowest BCUT2D eigenvalue weighted by Gasteiger charge is -2.38. The number of piperazine rings is 1. The molecule has 9 heteroatoms.